The fourth-order valence-corrected chi connectivity index (χ4v) is 3.29. The van der Waals surface area contributed by atoms with E-state index >= 15 is 0 Å². The number of aromatic nitrogens is 1. The standard InChI is InChI=1S/C14H22N2O2S/c1-3-18-14(17)11-5-4-6-12(7-11)15-8-13-16-10(2)9-19-13/h9,11-12,15H,3-8H2,1-2H3. The van der Waals surface area contributed by atoms with Gasteiger partial charge in [-0.05, 0) is 33.1 Å². The highest BCUT2D eigenvalue weighted by atomic mass is 32.1. The van der Waals surface area contributed by atoms with Crippen LogP contribution in [0.4, 0.5) is 0 Å². The SMILES string of the molecule is CCOC(=O)C1CCCC(NCc2nc(C)cs2)C1. The average Bonchev–Trinajstić information content (AvgIpc) is 2.83. The fourth-order valence-electron chi connectivity index (χ4n) is 2.56. The summed E-state index contributed by atoms with van der Waals surface area (Å²) in [7, 11) is 0. The summed E-state index contributed by atoms with van der Waals surface area (Å²) in [5.41, 5.74) is 1.08. The molecule has 1 N–H and O–H groups in total. The number of rotatable bonds is 5. The van der Waals surface area contributed by atoms with E-state index in [2.05, 4.69) is 15.7 Å². The molecule has 0 amide bonds. The van der Waals surface area contributed by atoms with Gasteiger partial charge in [0.1, 0.15) is 5.01 Å². The molecule has 4 nitrogen and oxygen atoms in total. The Kier molecular flexibility index (Phi) is 5.34. The Labute approximate surface area is 118 Å². The number of nitrogens with zero attached hydrogens (tertiary/aromatic N) is 1. The molecule has 1 saturated carbocycles. The van der Waals surface area contributed by atoms with E-state index in [-0.39, 0.29) is 11.9 Å². The molecule has 106 valence electrons. The van der Waals surface area contributed by atoms with Crippen molar-refractivity contribution in [1.29, 1.82) is 0 Å². The van der Waals surface area contributed by atoms with Gasteiger partial charge in [-0.2, -0.15) is 0 Å². The molecule has 1 aliphatic carbocycles. The average molecular weight is 282 g/mol. The molecule has 2 atom stereocenters. The number of thiazole rings is 1. The molecule has 1 heterocycles. The van der Waals surface area contributed by atoms with Gasteiger partial charge in [-0.25, -0.2) is 4.98 Å². The zero-order valence-corrected chi connectivity index (χ0v) is 12.5. The number of hydrogen-bond acceptors (Lipinski definition) is 5. The highest BCUT2D eigenvalue weighted by Gasteiger charge is 2.27. The van der Waals surface area contributed by atoms with Crippen molar-refractivity contribution < 1.29 is 9.53 Å². The molecule has 1 fully saturated rings. The van der Waals surface area contributed by atoms with Crippen LogP contribution in [0, 0.1) is 12.8 Å². The van der Waals surface area contributed by atoms with Gasteiger partial charge < -0.3 is 10.1 Å². The van der Waals surface area contributed by atoms with Crippen LogP contribution < -0.4 is 5.32 Å². The number of carbonyl (C=O) groups excluding carboxylic acids is 1. The molecule has 0 radical (unpaired) electrons. The lowest BCUT2D eigenvalue weighted by molar-refractivity contribution is -0.149. The predicted molar refractivity (Wildman–Crippen MR) is 76.1 cm³/mol. The largest absolute Gasteiger partial charge is 0.466 e. The van der Waals surface area contributed by atoms with Gasteiger partial charge >= 0.3 is 5.97 Å². The highest BCUT2D eigenvalue weighted by Crippen LogP contribution is 2.25. The van der Waals surface area contributed by atoms with E-state index in [9.17, 15) is 4.79 Å². The molecule has 0 spiro atoms. The van der Waals surface area contributed by atoms with Crippen molar-refractivity contribution in [3.05, 3.63) is 16.1 Å². The molecule has 1 aromatic rings. The van der Waals surface area contributed by atoms with Crippen LogP contribution >= 0.6 is 11.3 Å². The van der Waals surface area contributed by atoms with E-state index in [1.807, 2.05) is 13.8 Å². The third-order valence-corrected chi connectivity index (χ3v) is 4.47. The third-order valence-electron chi connectivity index (χ3n) is 3.50. The van der Waals surface area contributed by atoms with Crippen molar-refractivity contribution in [2.45, 2.75) is 52.1 Å². The van der Waals surface area contributed by atoms with Gasteiger partial charge in [-0.3, -0.25) is 4.79 Å². The highest BCUT2D eigenvalue weighted by molar-refractivity contribution is 7.09. The molecule has 0 aromatic carbocycles. The Bertz CT molecular complexity index is 419. The fraction of sp³-hybridized carbons (Fsp3) is 0.714. The molecular formula is C14H22N2O2S. The van der Waals surface area contributed by atoms with Gasteiger partial charge in [0.05, 0.1) is 12.5 Å². The quantitative estimate of drug-likeness (QED) is 0.844. The van der Waals surface area contributed by atoms with Crippen LogP contribution in [0.3, 0.4) is 0 Å². The van der Waals surface area contributed by atoms with Gasteiger partial charge in [0.15, 0.2) is 0 Å². The predicted octanol–water partition coefficient (Wildman–Crippen LogP) is 2.66. The van der Waals surface area contributed by atoms with Crippen LogP contribution in [-0.4, -0.2) is 23.6 Å². The first kappa shape index (κ1) is 14.5. The summed E-state index contributed by atoms with van der Waals surface area (Å²) in [6, 6.07) is 0.410. The minimum absolute atomic E-state index is 0.0286. The van der Waals surface area contributed by atoms with Crippen molar-refractivity contribution in [2.75, 3.05) is 6.61 Å². The summed E-state index contributed by atoms with van der Waals surface area (Å²) in [5.74, 6) is 0.0447. The number of ether oxygens (including phenoxy) is 1. The Hall–Kier alpha value is -0.940. The topological polar surface area (TPSA) is 51.2 Å². The van der Waals surface area contributed by atoms with E-state index in [4.69, 9.17) is 4.74 Å². The maximum Gasteiger partial charge on any atom is 0.308 e. The Morgan fingerprint density at radius 3 is 3.11 bits per heavy atom. The van der Waals surface area contributed by atoms with Crippen molar-refractivity contribution in [2.24, 2.45) is 5.92 Å². The lowest BCUT2D eigenvalue weighted by Gasteiger charge is -2.28. The first-order valence-corrected chi connectivity index (χ1v) is 7.88. The monoisotopic (exact) mass is 282 g/mol. The molecule has 0 aliphatic heterocycles. The van der Waals surface area contributed by atoms with E-state index in [0.717, 1.165) is 42.9 Å². The molecule has 19 heavy (non-hydrogen) atoms. The maximum absolute atomic E-state index is 11.8. The summed E-state index contributed by atoms with van der Waals surface area (Å²) in [6.45, 7) is 5.16. The molecular weight excluding hydrogens is 260 g/mol. The van der Waals surface area contributed by atoms with Crippen LogP contribution in [0.5, 0.6) is 0 Å². The summed E-state index contributed by atoms with van der Waals surface area (Å²) in [4.78, 5) is 16.2. The van der Waals surface area contributed by atoms with E-state index in [1.165, 1.54) is 0 Å². The minimum Gasteiger partial charge on any atom is -0.466 e. The van der Waals surface area contributed by atoms with Crippen LogP contribution in [-0.2, 0) is 16.1 Å². The van der Waals surface area contributed by atoms with Gasteiger partial charge in [-0.1, -0.05) is 6.42 Å². The van der Waals surface area contributed by atoms with Gasteiger partial charge in [0, 0.05) is 23.7 Å². The molecule has 1 aromatic heterocycles. The second-order valence-corrected chi connectivity index (χ2v) is 6.02. The summed E-state index contributed by atoms with van der Waals surface area (Å²) in [5, 5.41) is 6.71. The van der Waals surface area contributed by atoms with E-state index < -0.39 is 0 Å². The van der Waals surface area contributed by atoms with Crippen molar-refractivity contribution >= 4 is 17.3 Å². The Morgan fingerprint density at radius 2 is 2.42 bits per heavy atom. The lowest BCUT2D eigenvalue weighted by Crippen LogP contribution is -2.36. The normalized spacial score (nSPS) is 23.3. The smallest absolute Gasteiger partial charge is 0.308 e. The molecule has 0 bridgehead atoms. The summed E-state index contributed by atoms with van der Waals surface area (Å²) >= 11 is 1.69. The number of aryl methyl sites for hydroxylation is 1. The summed E-state index contributed by atoms with van der Waals surface area (Å²) in [6.07, 6.45) is 4.09. The molecule has 5 heteroatoms. The van der Waals surface area contributed by atoms with Gasteiger partial charge in [0.2, 0.25) is 0 Å². The van der Waals surface area contributed by atoms with Crippen LogP contribution in [0.25, 0.3) is 0 Å². The zero-order valence-electron chi connectivity index (χ0n) is 11.6. The van der Waals surface area contributed by atoms with Crippen molar-refractivity contribution in [1.82, 2.24) is 10.3 Å². The number of carbonyl (C=O) groups is 1. The second kappa shape index (κ2) is 7.01. The van der Waals surface area contributed by atoms with E-state index in [1.54, 1.807) is 11.3 Å². The number of nitrogens with one attached hydrogen (secondary N) is 1. The van der Waals surface area contributed by atoms with Crippen molar-refractivity contribution in [3.8, 4) is 0 Å². The van der Waals surface area contributed by atoms with Crippen LogP contribution in [0.1, 0.15) is 43.3 Å². The number of hydrogen-bond donors (Lipinski definition) is 1. The molecule has 0 saturated heterocycles. The first-order chi connectivity index (χ1) is 9.19. The van der Waals surface area contributed by atoms with Crippen molar-refractivity contribution in [3.63, 3.8) is 0 Å². The van der Waals surface area contributed by atoms with Gasteiger partial charge in [0.25, 0.3) is 0 Å². The zero-order chi connectivity index (χ0) is 13.7. The second-order valence-electron chi connectivity index (χ2n) is 5.08. The maximum atomic E-state index is 11.8. The Morgan fingerprint density at radius 1 is 1.58 bits per heavy atom. The van der Waals surface area contributed by atoms with Gasteiger partial charge in [-0.15, -0.1) is 11.3 Å². The lowest BCUT2D eigenvalue weighted by atomic mass is 9.86. The first-order valence-electron chi connectivity index (χ1n) is 7.00. The molecule has 2 unspecified atom stereocenters. The van der Waals surface area contributed by atoms with E-state index in [0.29, 0.717) is 12.6 Å². The summed E-state index contributed by atoms with van der Waals surface area (Å²) < 4.78 is 5.12. The Balaban J connectivity index is 1.79. The molecule has 1 aliphatic rings. The van der Waals surface area contributed by atoms with Crippen LogP contribution in [0.2, 0.25) is 0 Å². The van der Waals surface area contributed by atoms with Crippen LogP contribution in [0.15, 0.2) is 5.38 Å². The number of esters is 1. The minimum atomic E-state index is -0.0286. The molecule has 2 rings (SSSR count). The third kappa shape index (κ3) is 4.28.